The van der Waals surface area contributed by atoms with Gasteiger partial charge in [-0.15, -0.1) is 11.3 Å². The number of carbonyl (C=O) groups is 2. The van der Waals surface area contributed by atoms with Crippen molar-refractivity contribution in [1.29, 1.82) is 0 Å². The molecule has 1 aromatic carbocycles. The standard InChI is InChI=1S/C22H22N4O3S/c1-13(2)26-16-8-5-4-7-15(16)24-20(26)14(3)23-22(28)18-10-11-19(30-18)25-21(27)17-9-6-12-29-17/h4-14H,1-3H3,(H,23,28)(H,25,27). The topological polar surface area (TPSA) is 89.2 Å². The Bertz CT molecular complexity index is 1190. The average molecular weight is 423 g/mol. The molecule has 2 amide bonds. The molecule has 4 aromatic rings. The van der Waals surface area contributed by atoms with Gasteiger partial charge < -0.3 is 19.6 Å². The molecule has 0 aliphatic carbocycles. The third-order valence-electron chi connectivity index (χ3n) is 4.69. The van der Waals surface area contributed by atoms with Crippen LogP contribution >= 0.6 is 11.3 Å². The van der Waals surface area contributed by atoms with Crippen LogP contribution in [0.15, 0.2) is 59.2 Å². The highest BCUT2D eigenvalue weighted by Crippen LogP contribution is 2.26. The molecule has 0 saturated heterocycles. The number of benzene rings is 1. The Kier molecular flexibility index (Phi) is 5.41. The molecule has 3 heterocycles. The molecule has 1 atom stereocenters. The van der Waals surface area contributed by atoms with Gasteiger partial charge in [0.1, 0.15) is 5.82 Å². The van der Waals surface area contributed by atoms with E-state index in [1.807, 2.05) is 31.2 Å². The van der Waals surface area contributed by atoms with Crippen molar-refractivity contribution in [3.8, 4) is 0 Å². The van der Waals surface area contributed by atoms with Crippen molar-refractivity contribution in [1.82, 2.24) is 14.9 Å². The van der Waals surface area contributed by atoms with Crippen LogP contribution < -0.4 is 10.6 Å². The summed E-state index contributed by atoms with van der Waals surface area (Å²) in [5, 5.41) is 6.33. The summed E-state index contributed by atoms with van der Waals surface area (Å²) in [6.07, 6.45) is 1.44. The van der Waals surface area contributed by atoms with Crippen LogP contribution in [0.2, 0.25) is 0 Å². The zero-order chi connectivity index (χ0) is 21.3. The first kappa shape index (κ1) is 19.9. The second-order valence-electron chi connectivity index (χ2n) is 7.21. The highest BCUT2D eigenvalue weighted by molar-refractivity contribution is 7.18. The van der Waals surface area contributed by atoms with Crippen LogP contribution in [0.25, 0.3) is 11.0 Å². The first-order valence-electron chi connectivity index (χ1n) is 9.66. The van der Waals surface area contributed by atoms with Crippen LogP contribution in [-0.4, -0.2) is 21.4 Å². The lowest BCUT2D eigenvalue weighted by atomic mass is 10.2. The minimum atomic E-state index is -0.354. The molecular weight excluding hydrogens is 400 g/mol. The number of furan rings is 1. The number of rotatable bonds is 6. The molecule has 4 rings (SSSR count). The number of amides is 2. The Hall–Kier alpha value is -3.39. The fourth-order valence-corrected chi connectivity index (χ4v) is 4.16. The number of carbonyl (C=O) groups excluding carboxylic acids is 2. The molecule has 2 N–H and O–H groups in total. The second-order valence-corrected chi connectivity index (χ2v) is 8.30. The van der Waals surface area contributed by atoms with Crippen LogP contribution in [-0.2, 0) is 0 Å². The van der Waals surface area contributed by atoms with Gasteiger partial charge in [-0.25, -0.2) is 4.98 Å². The fraction of sp³-hybridized carbons (Fsp3) is 0.227. The third kappa shape index (κ3) is 3.86. The summed E-state index contributed by atoms with van der Waals surface area (Å²) in [6, 6.07) is 14.5. The Morgan fingerprint density at radius 3 is 2.57 bits per heavy atom. The number of aromatic nitrogens is 2. The van der Waals surface area contributed by atoms with Gasteiger partial charge in [-0.2, -0.15) is 0 Å². The number of nitrogens with zero attached hydrogens (tertiary/aromatic N) is 2. The number of anilines is 1. The van der Waals surface area contributed by atoms with E-state index in [1.165, 1.54) is 17.6 Å². The Morgan fingerprint density at radius 1 is 1.03 bits per heavy atom. The lowest BCUT2D eigenvalue weighted by Gasteiger charge is -2.18. The van der Waals surface area contributed by atoms with Gasteiger partial charge in [0.15, 0.2) is 5.76 Å². The van der Waals surface area contributed by atoms with Crippen LogP contribution in [0.5, 0.6) is 0 Å². The predicted molar refractivity (Wildman–Crippen MR) is 117 cm³/mol. The summed E-state index contributed by atoms with van der Waals surface area (Å²) in [7, 11) is 0. The zero-order valence-electron chi connectivity index (χ0n) is 16.9. The maximum absolute atomic E-state index is 12.8. The Labute approximate surface area is 177 Å². The van der Waals surface area contributed by atoms with E-state index in [4.69, 9.17) is 9.40 Å². The van der Waals surface area contributed by atoms with Crippen molar-refractivity contribution in [2.24, 2.45) is 0 Å². The molecule has 0 aliphatic heterocycles. The maximum Gasteiger partial charge on any atom is 0.291 e. The first-order valence-corrected chi connectivity index (χ1v) is 10.5. The summed E-state index contributed by atoms with van der Waals surface area (Å²) in [5.74, 6) is 0.458. The van der Waals surface area contributed by atoms with Crippen LogP contribution in [0.3, 0.4) is 0 Å². The zero-order valence-corrected chi connectivity index (χ0v) is 17.7. The number of imidazole rings is 1. The number of hydrogen-bond acceptors (Lipinski definition) is 5. The van der Waals surface area contributed by atoms with Gasteiger partial charge in [0.05, 0.1) is 33.2 Å². The lowest BCUT2D eigenvalue weighted by Crippen LogP contribution is -2.28. The molecule has 0 spiro atoms. The number of thiophene rings is 1. The van der Waals surface area contributed by atoms with Crippen LogP contribution in [0, 0.1) is 0 Å². The molecule has 0 aliphatic rings. The smallest absolute Gasteiger partial charge is 0.291 e. The molecule has 8 heteroatoms. The van der Waals surface area contributed by atoms with Crippen molar-refractivity contribution >= 4 is 39.2 Å². The molecule has 0 radical (unpaired) electrons. The quantitative estimate of drug-likeness (QED) is 0.457. The van der Waals surface area contributed by atoms with E-state index in [1.54, 1.807) is 24.3 Å². The van der Waals surface area contributed by atoms with Crippen LogP contribution in [0.4, 0.5) is 5.00 Å². The molecule has 1 unspecified atom stereocenters. The van der Waals surface area contributed by atoms with Gasteiger partial charge in [-0.3, -0.25) is 9.59 Å². The van der Waals surface area contributed by atoms with Gasteiger partial charge in [-0.1, -0.05) is 12.1 Å². The number of hydrogen-bond donors (Lipinski definition) is 2. The normalized spacial score (nSPS) is 12.3. The Balaban J connectivity index is 1.49. The van der Waals surface area contributed by atoms with Crippen LogP contribution in [0.1, 0.15) is 58.9 Å². The third-order valence-corrected chi connectivity index (χ3v) is 5.69. The van der Waals surface area contributed by atoms with E-state index in [2.05, 4.69) is 29.0 Å². The molecular formula is C22H22N4O3S. The van der Waals surface area contributed by atoms with E-state index in [0.717, 1.165) is 16.9 Å². The summed E-state index contributed by atoms with van der Waals surface area (Å²) in [6.45, 7) is 6.12. The minimum absolute atomic E-state index is 0.205. The molecule has 7 nitrogen and oxygen atoms in total. The molecule has 0 saturated carbocycles. The van der Waals surface area contributed by atoms with Crippen molar-refractivity contribution in [3.05, 3.63) is 71.3 Å². The molecule has 0 bridgehead atoms. The number of para-hydroxylation sites is 2. The lowest BCUT2D eigenvalue weighted by molar-refractivity contribution is 0.0940. The highest BCUT2D eigenvalue weighted by Gasteiger charge is 2.21. The number of nitrogens with one attached hydrogen (secondary N) is 2. The molecule has 154 valence electrons. The predicted octanol–water partition coefficient (Wildman–Crippen LogP) is 5.02. The van der Waals surface area contributed by atoms with Crippen molar-refractivity contribution in [2.75, 3.05) is 5.32 Å². The summed E-state index contributed by atoms with van der Waals surface area (Å²) >= 11 is 1.21. The van der Waals surface area contributed by atoms with Crippen molar-refractivity contribution in [2.45, 2.75) is 32.9 Å². The monoisotopic (exact) mass is 422 g/mol. The van der Waals surface area contributed by atoms with Gasteiger partial charge in [0.2, 0.25) is 0 Å². The Morgan fingerprint density at radius 2 is 1.83 bits per heavy atom. The molecule has 30 heavy (non-hydrogen) atoms. The summed E-state index contributed by atoms with van der Waals surface area (Å²) < 4.78 is 7.23. The van der Waals surface area contributed by atoms with Crippen molar-refractivity contribution < 1.29 is 14.0 Å². The highest BCUT2D eigenvalue weighted by atomic mass is 32.1. The van der Waals surface area contributed by atoms with Gasteiger partial charge in [-0.05, 0) is 57.2 Å². The maximum atomic E-state index is 12.8. The summed E-state index contributed by atoms with van der Waals surface area (Å²) in [5.41, 5.74) is 1.95. The average Bonchev–Trinajstić information content (AvgIpc) is 3.46. The number of fused-ring (bicyclic) bond motifs is 1. The largest absolute Gasteiger partial charge is 0.459 e. The van der Waals surface area contributed by atoms with E-state index >= 15 is 0 Å². The minimum Gasteiger partial charge on any atom is -0.459 e. The van der Waals surface area contributed by atoms with Gasteiger partial charge in [0.25, 0.3) is 11.8 Å². The SMILES string of the molecule is CC(NC(=O)c1ccc(NC(=O)c2ccco2)s1)c1nc2ccccc2n1C(C)C. The van der Waals surface area contributed by atoms with Crippen molar-refractivity contribution in [3.63, 3.8) is 0 Å². The summed E-state index contributed by atoms with van der Waals surface area (Å²) in [4.78, 5) is 30.1. The molecule has 0 fully saturated rings. The second kappa shape index (κ2) is 8.16. The fourth-order valence-electron chi connectivity index (χ4n) is 3.35. The van der Waals surface area contributed by atoms with E-state index < -0.39 is 0 Å². The molecule has 3 aromatic heterocycles. The van der Waals surface area contributed by atoms with Gasteiger partial charge >= 0.3 is 0 Å². The van der Waals surface area contributed by atoms with E-state index in [9.17, 15) is 9.59 Å². The van der Waals surface area contributed by atoms with E-state index in [-0.39, 0.29) is 29.7 Å². The first-order chi connectivity index (χ1) is 14.4. The van der Waals surface area contributed by atoms with E-state index in [0.29, 0.717) is 9.88 Å². The van der Waals surface area contributed by atoms with Gasteiger partial charge in [0, 0.05) is 6.04 Å².